The Labute approximate surface area is 81.1 Å². The van der Waals surface area contributed by atoms with E-state index in [-0.39, 0.29) is 0 Å². The Morgan fingerprint density at radius 3 is 2.58 bits per heavy atom. The lowest BCUT2D eigenvalue weighted by atomic mass is 10.1. The van der Waals surface area contributed by atoms with Gasteiger partial charge in [-0.05, 0) is 20.0 Å². The van der Waals surface area contributed by atoms with E-state index in [1.807, 2.05) is 0 Å². The van der Waals surface area contributed by atoms with Crippen LogP contribution in [-0.4, -0.2) is 30.0 Å². The molecule has 2 N–H and O–H groups in total. The lowest BCUT2D eigenvalue weighted by Gasteiger charge is -2.19. The van der Waals surface area contributed by atoms with Gasteiger partial charge in [0, 0.05) is 12.5 Å². The maximum absolute atomic E-state index is 5.52. The van der Waals surface area contributed by atoms with Crippen molar-refractivity contribution in [1.82, 2.24) is 4.90 Å². The van der Waals surface area contributed by atoms with E-state index in [0.717, 1.165) is 13.1 Å². The molecule has 0 aliphatic rings. The molecule has 12 heavy (non-hydrogen) atoms. The maximum atomic E-state index is 5.52. The summed E-state index contributed by atoms with van der Waals surface area (Å²) in [6.45, 7) is 6.40. The van der Waals surface area contributed by atoms with Gasteiger partial charge in [-0.25, -0.2) is 0 Å². The minimum absolute atomic E-state index is 0.335. The van der Waals surface area contributed by atoms with Crippen molar-refractivity contribution in [2.75, 3.05) is 20.1 Å². The van der Waals surface area contributed by atoms with E-state index >= 15 is 0 Å². The van der Waals surface area contributed by atoms with Crippen molar-refractivity contribution in [1.29, 1.82) is 0 Å². The molecule has 0 saturated heterocycles. The largest absolute Gasteiger partial charge is 0.393 e. The molecule has 2 nitrogen and oxygen atoms in total. The topological polar surface area (TPSA) is 29.3 Å². The lowest BCUT2D eigenvalue weighted by molar-refractivity contribution is 0.310. The van der Waals surface area contributed by atoms with Crippen LogP contribution in [0.15, 0.2) is 0 Å². The molecule has 0 amide bonds. The van der Waals surface area contributed by atoms with Gasteiger partial charge in [0.25, 0.3) is 0 Å². The molecule has 72 valence electrons. The molecule has 0 bridgehead atoms. The SMILES string of the molecule is CCCCN(C)CC(C)C(N)=S. The monoisotopic (exact) mass is 188 g/mol. The number of unbranched alkanes of at least 4 members (excludes halogenated alkanes) is 1. The summed E-state index contributed by atoms with van der Waals surface area (Å²) in [5, 5.41) is 0. The predicted octanol–water partition coefficient (Wildman–Crippen LogP) is 1.64. The Bertz CT molecular complexity index is 136. The van der Waals surface area contributed by atoms with E-state index < -0.39 is 0 Å². The first-order valence-electron chi connectivity index (χ1n) is 4.55. The lowest BCUT2D eigenvalue weighted by Crippen LogP contribution is -2.31. The fourth-order valence-corrected chi connectivity index (χ4v) is 1.15. The van der Waals surface area contributed by atoms with Gasteiger partial charge in [0.05, 0.1) is 4.99 Å². The molecule has 1 atom stereocenters. The molecule has 0 spiro atoms. The van der Waals surface area contributed by atoms with Gasteiger partial charge < -0.3 is 10.6 Å². The highest BCUT2D eigenvalue weighted by atomic mass is 32.1. The molecule has 3 heteroatoms. The Morgan fingerprint density at radius 2 is 2.17 bits per heavy atom. The van der Waals surface area contributed by atoms with Gasteiger partial charge in [0.2, 0.25) is 0 Å². The van der Waals surface area contributed by atoms with Gasteiger partial charge in [0.1, 0.15) is 0 Å². The number of hydrogen-bond acceptors (Lipinski definition) is 2. The number of thiocarbonyl (C=S) groups is 1. The summed E-state index contributed by atoms with van der Waals surface area (Å²) < 4.78 is 0. The average Bonchev–Trinajstić information content (AvgIpc) is 2.00. The number of nitrogens with zero attached hydrogens (tertiary/aromatic N) is 1. The smallest absolute Gasteiger partial charge is 0.0768 e. The summed E-state index contributed by atoms with van der Waals surface area (Å²) in [7, 11) is 2.12. The zero-order valence-electron chi connectivity index (χ0n) is 8.34. The van der Waals surface area contributed by atoms with Crippen LogP contribution < -0.4 is 5.73 Å². The van der Waals surface area contributed by atoms with E-state index in [4.69, 9.17) is 18.0 Å². The molecule has 0 aromatic carbocycles. The second kappa shape index (κ2) is 6.38. The summed E-state index contributed by atoms with van der Waals surface area (Å²) in [4.78, 5) is 2.91. The van der Waals surface area contributed by atoms with Crippen LogP contribution in [-0.2, 0) is 0 Å². The molecule has 1 unspecified atom stereocenters. The zero-order valence-corrected chi connectivity index (χ0v) is 9.16. The first-order valence-corrected chi connectivity index (χ1v) is 4.96. The summed E-state index contributed by atoms with van der Waals surface area (Å²) in [6, 6.07) is 0. The zero-order chi connectivity index (χ0) is 9.56. The molecule has 0 saturated carbocycles. The number of hydrogen-bond donors (Lipinski definition) is 1. The summed E-state index contributed by atoms with van der Waals surface area (Å²) in [5.41, 5.74) is 5.52. The van der Waals surface area contributed by atoms with Crippen LogP contribution in [0, 0.1) is 5.92 Å². The molecular formula is C9H20N2S. The summed E-state index contributed by atoms with van der Waals surface area (Å²) in [5.74, 6) is 0.335. The highest BCUT2D eigenvalue weighted by Crippen LogP contribution is 1.99. The van der Waals surface area contributed by atoms with Crippen molar-refractivity contribution < 1.29 is 0 Å². The minimum atomic E-state index is 0.335. The normalized spacial score (nSPS) is 13.3. The molecule has 0 rings (SSSR count). The Hall–Kier alpha value is -0.150. The Balaban J connectivity index is 3.53. The first-order chi connectivity index (χ1) is 5.57. The average molecular weight is 188 g/mol. The third-order valence-corrected chi connectivity index (χ3v) is 2.37. The molecule has 0 heterocycles. The third-order valence-electron chi connectivity index (χ3n) is 1.96. The Kier molecular flexibility index (Phi) is 6.30. The molecule has 0 radical (unpaired) electrons. The minimum Gasteiger partial charge on any atom is -0.393 e. The van der Waals surface area contributed by atoms with Crippen LogP contribution in [0.4, 0.5) is 0 Å². The van der Waals surface area contributed by atoms with Crippen LogP contribution in [0.3, 0.4) is 0 Å². The molecule has 0 aliphatic carbocycles. The van der Waals surface area contributed by atoms with Gasteiger partial charge in [-0.1, -0.05) is 32.5 Å². The third kappa shape index (κ3) is 5.49. The van der Waals surface area contributed by atoms with Crippen molar-refractivity contribution >= 4 is 17.2 Å². The molecular weight excluding hydrogens is 168 g/mol. The van der Waals surface area contributed by atoms with Crippen molar-refractivity contribution in [3.8, 4) is 0 Å². The maximum Gasteiger partial charge on any atom is 0.0768 e. The van der Waals surface area contributed by atoms with Crippen LogP contribution in [0.5, 0.6) is 0 Å². The van der Waals surface area contributed by atoms with Gasteiger partial charge in [-0.15, -0.1) is 0 Å². The van der Waals surface area contributed by atoms with E-state index in [2.05, 4.69) is 25.8 Å². The molecule has 0 aromatic rings. The number of nitrogens with two attached hydrogens (primary N) is 1. The van der Waals surface area contributed by atoms with Crippen molar-refractivity contribution in [2.24, 2.45) is 11.7 Å². The van der Waals surface area contributed by atoms with Gasteiger partial charge >= 0.3 is 0 Å². The summed E-state index contributed by atoms with van der Waals surface area (Å²) in [6.07, 6.45) is 2.49. The highest BCUT2D eigenvalue weighted by molar-refractivity contribution is 7.80. The molecule has 0 aliphatic heterocycles. The second-order valence-electron chi connectivity index (χ2n) is 3.42. The van der Waals surface area contributed by atoms with E-state index in [1.165, 1.54) is 12.8 Å². The van der Waals surface area contributed by atoms with Crippen LogP contribution in [0.2, 0.25) is 0 Å². The fourth-order valence-electron chi connectivity index (χ4n) is 1.08. The summed E-state index contributed by atoms with van der Waals surface area (Å²) >= 11 is 4.90. The van der Waals surface area contributed by atoms with Crippen LogP contribution in [0.1, 0.15) is 26.7 Å². The first kappa shape index (κ1) is 11.8. The second-order valence-corrected chi connectivity index (χ2v) is 3.89. The van der Waals surface area contributed by atoms with Gasteiger partial charge in [-0.3, -0.25) is 0 Å². The molecule has 0 fully saturated rings. The standard InChI is InChI=1S/C9H20N2S/c1-4-5-6-11(3)7-8(2)9(10)12/h8H,4-7H2,1-3H3,(H2,10,12). The highest BCUT2D eigenvalue weighted by Gasteiger charge is 2.07. The van der Waals surface area contributed by atoms with Crippen molar-refractivity contribution in [3.63, 3.8) is 0 Å². The van der Waals surface area contributed by atoms with E-state index in [1.54, 1.807) is 0 Å². The Morgan fingerprint density at radius 1 is 1.58 bits per heavy atom. The van der Waals surface area contributed by atoms with Crippen molar-refractivity contribution in [2.45, 2.75) is 26.7 Å². The fraction of sp³-hybridized carbons (Fsp3) is 0.889. The quantitative estimate of drug-likeness (QED) is 0.643. The van der Waals surface area contributed by atoms with Crippen LogP contribution in [0.25, 0.3) is 0 Å². The molecule has 0 aromatic heterocycles. The number of rotatable bonds is 6. The van der Waals surface area contributed by atoms with Crippen molar-refractivity contribution in [3.05, 3.63) is 0 Å². The van der Waals surface area contributed by atoms with Gasteiger partial charge in [-0.2, -0.15) is 0 Å². The van der Waals surface area contributed by atoms with Gasteiger partial charge in [0.15, 0.2) is 0 Å². The van der Waals surface area contributed by atoms with E-state index in [9.17, 15) is 0 Å². The van der Waals surface area contributed by atoms with E-state index in [0.29, 0.717) is 10.9 Å². The van der Waals surface area contributed by atoms with Crippen LogP contribution >= 0.6 is 12.2 Å². The predicted molar refractivity (Wildman–Crippen MR) is 58.4 cm³/mol.